The molecule has 0 spiro atoms. The summed E-state index contributed by atoms with van der Waals surface area (Å²) in [7, 11) is 0. The molecule has 5 nitrogen and oxygen atoms in total. The molecule has 0 aliphatic rings. The third-order valence-electron chi connectivity index (χ3n) is 5.37. The Kier molecular flexibility index (Phi) is 8.14. The maximum atomic E-state index is 12.6. The second-order valence-corrected chi connectivity index (χ2v) is 9.43. The summed E-state index contributed by atoms with van der Waals surface area (Å²) in [5.74, 6) is 0.207. The predicted molar refractivity (Wildman–Crippen MR) is 144 cm³/mol. The maximum absolute atomic E-state index is 12.6. The van der Waals surface area contributed by atoms with Crippen LogP contribution in [0, 0.1) is 11.3 Å². The first-order chi connectivity index (χ1) is 16.9. The van der Waals surface area contributed by atoms with E-state index in [1.807, 2.05) is 42.6 Å². The van der Waals surface area contributed by atoms with Gasteiger partial charge in [0.1, 0.15) is 24.0 Å². The van der Waals surface area contributed by atoms with Gasteiger partial charge in [-0.1, -0.05) is 53.5 Å². The number of nitrogens with one attached hydrogen (secondary N) is 2. The summed E-state index contributed by atoms with van der Waals surface area (Å²) >= 11 is 15.5. The van der Waals surface area contributed by atoms with Crippen LogP contribution in [0.3, 0.4) is 0 Å². The molecular weight excluding hydrogens is 549 g/mol. The summed E-state index contributed by atoms with van der Waals surface area (Å²) in [6.07, 6.45) is 4.15. The zero-order chi connectivity index (χ0) is 24.8. The molecule has 0 aliphatic carbocycles. The number of para-hydroxylation sites is 1. The van der Waals surface area contributed by atoms with Crippen LogP contribution in [0.5, 0.6) is 5.75 Å². The summed E-state index contributed by atoms with van der Waals surface area (Å²) in [5.41, 5.74) is 3.78. The van der Waals surface area contributed by atoms with Crippen molar-refractivity contribution in [1.29, 1.82) is 5.26 Å². The summed E-state index contributed by atoms with van der Waals surface area (Å²) in [6, 6.07) is 20.7. The number of H-pyrrole nitrogens is 1. The van der Waals surface area contributed by atoms with Crippen LogP contribution in [0.4, 0.5) is 0 Å². The Balaban J connectivity index is 1.36. The molecule has 3 aromatic carbocycles. The topological polar surface area (TPSA) is 77.9 Å². The first-order valence-corrected chi connectivity index (χ1v) is 12.3. The number of hydrogen-bond donors (Lipinski definition) is 2. The van der Waals surface area contributed by atoms with Crippen molar-refractivity contribution < 1.29 is 9.53 Å². The van der Waals surface area contributed by atoms with Crippen LogP contribution in [-0.2, 0) is 17.8 Å². The molecule has 35 heavy (non-hydrogen) atoms. The first kappa shape index (κ1) is 24.9. The number of halogens is 3. The highest BCUT2D eigenvalue weighted by Crippen LogP contribution is 2.29. The van der Waals surface area contributed by atoms with Gasteiger partial charge in [-0.05, 0) is 75.4 Å². The number of hydrogen-bond acceptors (Lipinski definition) is 3. The smallest absolute Gasteiger partial charge is 0.261 e. The minimum Gasteiger partial charge on any atom is -0.488 e. The number of amides is 1. The molecule has 0 bridgehead atoms. The molecule has 0 fully saturated rings. The van der Waals surface area contributed by atoms with Crippen LogP contribution in [0.2, 0.25) is 10.0 Å². The van der Waals surface area contributed by atoms with Gasteiger partial charge in [0.25, 0.3) is 5.91 Å². The fourth-order valence-corrected chi connectivity index (χ4v) is 4.41. The molecule has 0 saturated carbocycles. The number of aromatic amines is 1. The number of carbonyl (C=O) groups is 1. The lowest BCUT2D eigenvalue weighted by Crippen LogP contribution is -2.26. The van der Waals surface area contributed by atoms with E-state index in [4.69, 9.17) is 27.9 Å². The molecule has 4 aromatic rings. The van der Waals surface area contributed by atoms with Crippen LogP contribution in [0.15, 0.2) is 76.9 Å². The molecule has 0 radical (unpaired) electrons. The lowest BCUT2D eigenvalue weighted by molar-refractivity contribution is -0.117. The Bertz CT molecular complexity index is 1460. The van der Waals surface area contributed by atoms with Crippen molar-refractivity contribution in [3.8, 4) is 11.8 Å². The Morgan fingerprint density at radius 2 is 1.94 bits per heavy atom. The second-order valence-electron chi connectivity index (χ2n) is 7.76. The largest absolute Gasteiger partial charge is 0.488 e. The Labute approximate surface area is 221 Å². The van der Waals surface area contributed by atoms with Gasteiger partial charge in [-0.25, -0.2) is 0 Å². The molecule has 0 atom stereocenters. The molecule has 0 unspecified atom stereocenters. The number of carbonyl (C=O) groups excluding carboxylic acids is 1. The van der Waals surface area contributed by atoms with E-state index < -0.39 is 5.91 Å². The number of benzene rings is 3. The summed E-state index contributed by atoms with van der Waals surface area (Å²) < 4.78 is 6.55. The molecule has 2 N–H and O–H groups in total. The molecule has 176 valence electrons. The van der Waals surface area contributed by atoms with Crippen molar-refractivity contribution in [1.82, 2.24) is 10.3 Å². The Morgan fingerprint density at radius 3 is 2.71 bits per heavy atom. The van der Waals surface area contributed by atoms with Gasteiger partial charge in [-0.2, -0.15) is 5.26 Å². The van der Waals surface area contributed by atoms with E-state index in [9.17, 15) is 10.1 Å². The van der Waals surface area contributed by atoms with E-state index in [0.29, 0.717) is 45.4 Å². The van der Waals surface area contributed by atoms with Crippen molar-refractivity contribution in [2.75, 3.05) is 6.54 Å². The second kappa shape index (κ2) is 11.5. The molecule has 8 heteroatoms. The van der Waals surface area contributed by atoms with E-state index in [-0.39, 0.29) is 5.57 Å². The number of nitrogens with zero attached hydrogens (tertiary/aromatic N) is 1. The fraction of sp³-hybridized carbons (Fsp3) is 0.111. The molecule has 0 aliphatic heterocycles. The quantitative estimate of drug-likeness (QED) is 0.176. The average Bonchev–Trinajstić information content (AvgIpc) is 3.27. The number of nitriles is 1. The minimum absolute atomic E-state index is 0.0281. The molecule has 1 heterocycles. The highest BCUT2D eigenvalue weighted by molar-refractivity contribution is 9.10. The Morgan fingerprint density at radius 1 is 1.11 bits per heavy atom. The minimum atomic E-state index is -0.414. The van der Waals surface area contributed by atoms with E-state index in [1.54, 1.807) is 36.4 Å². The van der Waals surface area contributed by atoms with Crippen LogP contribution in [0.1, 0.15) is 16.7 Å². The molecule has 1 amide bonds. The normalized spacial score (nSPS) is 11.3. The fourth-order valence-electron chi connectivity index (χ4n) is 3.57. The number of aromatic nitrogens is 1. The SMILES string of the molecule is N#C/C(=C/c1ccc(OCc2ccc(Cl)c(Cl)c2)c(Br)c1)C(=O)NCCc1c[nH]c2ccccc12. The van der Waals surface area contributed by atoms with Crippen molar-refractivity contribution in [3.63, 3.8) is 0 Å². The van der Waals surface area contributed by atoms with Crippen LogP contribution >= 0.6 is 39.1 Å². The monoisotopic (exact) mass is 567 g/mol. The molecule has 4 rings (SSSR count). The van der Waals surface area contributed by atoms with Gasteiger partial charge in [0.2, 0.25) is 0 Å². The van der Waals surface area contributed by atoms with Gasteiger partial charge in [0.15, 0.2) is 0 Å². The highest BCUT2D eigenvalue weighted by Gasteiger charge is 2.11. The van der Waals surface area contributed by atoms with Crippen molar-refractivity contribution in [2.45, 2.75) is 13.0 Å². The van der Waals surface area contributed by atoms with Gasteiger partial charge in [0.05, 0.1) is 14.5 Å². The van der Waals surface area contributed by atoms with Gasteiger partial charge < -0.3 is 15.0 Å². The average molecular weight is 569 g/mol. The third-order valence-corrected chi connectivity index (χ3v) is 6.72. The van der Waals surface area contributed by atoms with E-state index >= 15 is 0 Å². The maximum Gasteiger partial charge on any atom is 0.261 e. The van der Waals surface area contributed by atoms with E-state index in [0.717, 1.165) is 22.0 Å². The number of ether oxygens (including phenoxy) is 1. The van der Waals surface area contributed by atoms with Gasteiger partial charge in [-0.3, -0.25) is 4.79 Å². The van der Waals surface area contributed by atoms with Crippen LogP contribution < -0.4 is 10.1 Å². The lowest BCUT2D eigenvalue weighted by atomic mass is 10.1. The van der Waals surface area contributed by atoms with Crippen molar-refractivity contribution in [3.05, 3.63) is 104 Å². The van der Waals surface area contributed by atoms with Crippen molar-refractivity contribution >= 4 is 62.0 Å². The van der Waals surface area contributed by atoms with E-state index in [2.05, 4.69) is 26.2 Å². The molecular formula is C27H20BrCl2N3O2. The summed E-state index contributed by atoms with van der Waals surface area (Å²) in [6.45, 7) is 0.734. The summed E-state index contributed by atoms with van der Waals surface area (Å²) in [4.78, 5) is 15.8. The molecule has 1 aromatic heterocycles. The van der Waals surface area contributed by atoms with Crippen molar-refractivity contribution in [2.24, 2.45) is 0 Å². The lowest BCUT2D eigenvalue weighted by Gasteiger charge is -2.10. The molecule has 0 saturated heterocycles. The number of rotatable bonds is 8. The van der Waals surface area contributed by atoms with Crippen LogP contribution in [0.25, 0.3) is 17.0 Å². The van der Waals surface area contributed by atoms with Gasteiger partial charge >= 0.3 is 0 Å². The number of fused-ring (bicyclic) bond motifs is 1. The Hall–Kier alpha value is -3.24. The zero-order valence-electron chi connectivity index (χ0n) is 18.4. The van der Waals surface area contributed by atoms with Gasteiger partial charge in [-0.15, -0.1) is 0 Å². The standard InChI is InChI=1S/C27H20BrCl2N3O2/c28-22-12-17(6-8-26(22)35-16-18-5-7-23(29)24(30)13-18)11-20(14-31)27(34)32-10-9-19-15-33-25-4-2-1-3-21(19)25/h1-8,11-13,15,33H,9-10,16H2,(H,32,34)/b20-11-. The van der Waals surface area contributed by atoms with E-state index in [1.165, 1.54) is 0 Å². The zero-order valence-corrected chi connectivity index (χ0v) is 21.5. The third kappa shape index (κ3) is 6.26. The van der Waals surface area contributed by atoms with Crippen LogP contribution in [-0.4, -0.2) is 17.4 Å². The first-order valence-electron chi connectivity index (χ1n) is 10.8. The predicted octanol–water partition coefficient (Wildman–Crippen LogP) is 7.08. The summed E-state index contributed by atoms with van der Waals surface area (Å²) in [5, 5.41) is 14.4. The highest BCUT2D eigenvalue weighted by atomic mass is 79.9. The van der Waals surface area contributed by atoms with Gasteiger partial charge in [0, 0.05) is 23.6 Å².